The predicted octanol–water partition coefficient (Wildman–Crippen LogP) is 3.67. The zero-order valence-corrected chi connectivity index (χ0v) is 16.1. The van der Waals surface area contributed by atoms with Crippen molar-refractivity contribution in [3.05, 3.63) is 40.0 Å². The maximum absolute atomic E-state index is 13.1. The van der Waals surface area contributed by atoms with E-state index in [-0.39, 0.29) is 18.5 Å². The molecule has 25 heavy (non-hydrogen) atoms. The lowest BCUT2D eigenvalue weighted by Gasteiger charge is -2.40. The van der Waals surface area contributed by atoms with Crippen molar-refractivity contribution in [3.63, 3.8) is 0 Å². The Bertz CT molecular complexity index is 961. The third-order valence-electron chi connectivity index (χ3n) is 5.49. The first-order valence-electron chi connectivity index (χ1n) is 10.3. The zero-order chi connectivity index (χ0) is 20.2. The molecule has 2 aliphatic rings. The van der Waals surface area contributed by atoms with Crippen molar-refractivity contribution in [2.75, 3.05) is 26.6 Å². The Balaban J connectivity index is 1.88. The van der Waals surface area contributed by atoms with Gasteiger partial charge in [-0.1, -0.05) is 18.2 Å². The number of carbonyl (C=O) groups is 1. The highest BCUT2D eigenvalue weighted by Gasteiger charge is 2.37. The minimum Gasteiger partial charge on any atom is -0.349 e. The van der Waals surface area contributed by atoms with Crippen molar-refractivity contribution < 1.29 is 8.91 Å². The Hall–Kier alpha value is -1.59. The molecule has 0 bridgehead atoms. The average molecular weight is 405 g/mol. The Morgan fingerprint density at radius 1 is 1.44 bits per heavy atom. The van der Waals surface area contributed by atoms with Gasteiger partial charge in [-0.15, -0.1) is 0 Å². The Labute approximate surface area is 161 Å². The number of benzene rings is 1. The van der Waals surface area contributed by atoms with Crippen LogP contribution in [0.15, 0.2) is 28.9 Å². The van der Waals surface area contributed by atoms with Crippen LogP contribution in [0.5, 0.6) is 0 Å². The second kappa shape index (κ2) is 6.29. The lowest BCUT2D eigenvalue weighted by Crippen LogP contribution is -2.47. The Morgan fingerprint density at radius 2 is 2.24 bits per heavy atom. The molecule has 4 rings (SSSR count). The molecule has 0 saturated carbocycles. The summed E-state index contributed by atoms with van der Waals surface area (Å²) in [7, 11) is 0. The number of carbonyl (C=O) groups excluding carboxylic acids is 1. The van der Waals surface area contributed by atoms with Crippen molar-refractivity contribution in [1.29, 1.82) is 0 Å². The third kappa shape index (κ3) is 2.56. The number of likely N-dealkylation sites (N-methyl/N-ethyl adjacent to an activating group) is 1. The molecule has 0 radical (unpaired) electrons. The normalized spacial score (nSPS) is 24.9. The maximum Gasteiger partial charge on any atom is 0.230 e. The smallest absolute Gasteiger partial charge is 0.230 e. The van der Waals surface area contributed by atoms with Gasteiger partial charge in [0.2, 0.25) is 5.91 Å². The van der Waals surface area contributed by atoms with Crippen LogP contribution in [-0.4, -0.2) is 53.3 Å². The van der Waals surface area contributed by atoms with Crippen LogP contribution in [-0.2, 0) is 11.2 Å². The fraction of sp³-hybridized carbons (Fsp3) is 0.450. The summed E-state index contributed by atoms with van der Waals surface area (Å²) in [6, 6.07) is 5.77. The molecular weight excluding hydrogens is 378 g/mol. The van der Waals surface area contributed by atoms with Gasteiger partial charge in [0, 0.05) is 40.7 Å². The summed E-state index contributed by atoms with van der Waals surface area (Å²) >= 11 is 3.60. The van der Waals surface area contributed by atoms with E-state index in [9.17, 15) is 4.79 Å². The summed E-state index contributed by atoms with van der Waals surface area (Å²) in [5, 5.41) is 1.12. The minimum atomic E-state index is -2.26. The monoisotopic (exact) mass is 404 g/mol. The molecule has 4 nitrogen and oxygen atoms in total. The first kappa shape index (κ1) is 13.6. The van der Waals surface area contributed by atoms with E-state index in [1.54, 1.807) is 4.90 Å². The van der Waals surface area contributed by atoms with E-state index in [4.69, 9.17) is 4.11 Å². The van der Waals surface area contributed by atoms with Crippen molar-refractivity contribution in [2.45, 2.75) is 26.3 Å². The number of H-pyrrole nitrogens is 1. The maximum atomic E-state index is 13.1. The second-order valence-electron chi connectivity index (χ2n) is 6.76. The van der Waals surface area contributed by atoms with E-state index < -0.39 is 12.9 Å². The summed E-state index contributed by atoms with van der Waals surface area (Å²) in [5.74, 6) is -0.454. The van der Waals surface area contributed by atoms with Gasteiger partial charge in [-0.2, -0.15) is 0 Å². The van der Waals surface area contributed by atoms with Crippen LogP contribution in [0.2, 0.25) is 0 Å². The van der Waals surface area contributed by atoms with E-state index in [2.05, 4.69) is 20.9 Å². The molecular formula is C20H24BrN3O. The SMILES string of the molecule is [2H]C([2H])([2H])N1C[C@H](C(=O)N(CC)CC)C=C2c3cccc4[nH]c(Br)c(c34)C[C@H]21. The molecule has 2 heterocycles. The quantitative estimate of drug-likeness (QED) is 0.847. The Kier molecular flexibility index (Phi) is 3.42. The van der Waals surface area contributed by atoms with E-state index >= 15 is 0 Å². The van der Waals surface area contributed by atoms with Crippen molar-refractivity contribution in [2.24, 2.45) is 5.92 Å². The van der Waals surface area contributed by atoms with Gasteiger partial charge in [0.15, 0.2) is 0 Å². The molecule has 0 unspecified atom stereocenters. The van der Waals surface area contributed by atoms with E-state index in [1.807, 2.05) is 38.1 Å². The standard InChI is InChI=1S/C20H24BrN3O/c1-4-24(5-2)20(25)12-9-14-13-7-6-8-16-18(13)15(19(21)22-16)10-17(14)23(3)11-12/h6-9,12,17,22H,4-5,10-11H2,1-3H3/t12-,17-/m1/s1/i3D3. The van der Waals surface area contributed by atoms with Crippen LogP contribution in [0.1, 0.15) is 29.1 Å². The van der Waals surface area contributed by atoms with E-state index in [1.165, 1.54) is 4.90 Å². The molecule has 0 spiro atoms. The van der Waals surface area contributed by atoms with Crippen LogP contribution in [0.25, 0.3) is 16.5 Å². The first-order chi connectivity index (χ1) is 13.3. The van der Waals surface area contributed by atoms with Gasteiger partial charge in [-0.3, -0.25) is 9.69 Å². The highest BCUT2D eigenvalue weighted by atomic mass is 79.9. The first-order valence-corrected chi connectivity index (χ1v) is 9.62. The number of nitrogens with one attached hydrogen (secondary N) is 1. The van der Waals surface area contributed by atoms with Gasteiger partial charge >= 0.3 is 0 Å². The lowest BCUT2D eigenvalue weighted by atomic mass is 9.79. The van der Waals surface area contributed by atoms with Crippen LogP contribution in [0, 0.1) is 5.92 Å². The molecule has 132 valence electrons. The topological polar surface area (TPSA) is 39.3 Å². The summed E-state index contributed by atoms with van der Waals surface area (Å²) in [5.41, 5.74) is 4.11. The fourth-order valence-electron chi connectivity index (χ4n) is 4.21. The van der Waals surface area contributed by atoms with Crippen molar-refractivity contribution >= 4 is 38.3 Å². The van der Waals surface area contributed by atoms with Gasteiger partial charge in [0.05, 0.1) is 10.5 Å². The highest BCUT2D eigenvalue weighted by molar-refractivity contribution is 9.10. The number of aromatic amines is 1. The zero-order valence-electron chi connectivity index (χ0n) is 17.5. The lowest BCUT2D eigenvalue weighted by molar-refractivity contribution is -0.134. The number of fused-ring (bicyclic) bond motifs is 2. The third-order valence-corrected chi connectivity index (χ3v) is 6.16. The van der Waals surface area contributed by atoms with Crippen LogP contribution < -0.4 is 0 Å². The molecule has 2 atom stereocenters. The molecule has 1 aromatic heterocycles. The average Bonchev–Trinajstić information content (AvgIpc) is 2.98. The fourth-order valence-corrected chi connectivity index (χ4v) is 4.78. The van der Waals surface area contributed by atoms with Gasteiger partial charge in [0.25, 0.3) is 0 Å². The molecule has 1 aromatic carbocycles. The van der Waals surface area contributed by atoms with Gasteiger partial charge in [-0.05, 0) is 65.9 Å². The summed E-state index contributed by atoms with van der Waals surface area (Å²) < 4.78 is 25.2. The number of aromatic nitrogens is 1. The molecule has 1 aliphatic heterocycles. The summed E-state index contributed by atoms with van der Waals surface area (Å²) in [4.78, 5) is 19.7. The Morgan fingerprint density at radius 3 is 2.96 bits per heavy atom. The molecule has 0 saturated heterocycles. The van der Waals surface area contributed by atoms with Crippen molar-refractivity contribution in [3.8, 4) is 0 Å². The van der Waals surface area contributed by atoms with Gasteiger partial charge in [-0.25, -0.2) is 0 Å². The second-order valence-corrected chi connectivity index (χ2v) is 7.55. The van der Waals surface area contributed by atoms with Gasteiger partial charge < -0.3 is 9.88 Å². The molecule has 1 amide bonds. The number of amides is 1. The predicted molar refractivity (Wildman–Crippen MR) is 106 cm³/mol. The minimum absolute atomic E-state index is 0.00146. The van der Waals surface area contributed by atoms with Crippen LogP contribution in [0.3, 0.4) is 0 Å². The van der Waals surface area contributed by atoms with E-state index in [0.717, 1.165) is 32.2 Å². The summed E-state index contributed by atoms with van der Waals surface area (Å²) in [6.07, 6.45) is 2.63. The number of rotatable bonds is 3. The highest BCUT2D eigenvalue weighted by Crippen LogP contribution is 2.43. The summed E-state index contributed by atoms with van der Waals surface area (Å²) in [6.45, 7) is 3.10. The number of hydrogen-bond donors (Lipinski definition) is 1. The van der Waals surface area contributed by atoms with E-state index in [0.29, 0.717) is 19.5 Å². The molecule has 5 heteroatoms. The largest absolute Gasteiger partial charge is 0.349 e. The number of nitrogens with zero attached hydrogens (tertiary/aromatic N) is 2. The molecule has 1 N–H and O–H groups in total. The van der Waals surface area contributed by atoms with Gasteiger partial charge in [0.1, 0.15) is 0 Å². The molecule has 0 fully saturated rings. The van der Waals surface area contributed by atoms with Crippen LogP contribution >= 0.6 is 15.9 Å². The number of halogens is 1. The van der Waals surface area contributed by atoms with Crippen molar-refractivity contribution in [1.82, 2.24) is 14.8 Å². The molecule has 1 aliphatic carbocycles. The molecule has 2 aromatic rings. The number of hydrogen-bond acceptors (Lipinski definition) is 2. The van der Waals surface area contributed by atoms with Crippen LogP contribution in [0.4, 0.5) is 0 Å².